The van der Waals surface area contributed by atoms with Crippen LogP contribution < -0.4 is 16.6 Å². The van der Waals surface area contributed by atoms with Crippen LogP contribution in [-0.4, -0.2) is 46.0 Å². The van der Waals surface area contributed by atoms with Gasteiger partial charge in [-0.25, -0.2) is 14.2 Å². The molecule has 0 atom stereocenters. The van der Waals surface area contributed by atoms with Gasteiger partial charge in [0.1, 0.15) is 0 Å². The summed E-state index contributed by atoms with van der Waals surface area (Å²) in [5.74, 6) is -0.974. The molecule has 0 aliphatic rings. The lowest BCUT2D eigenvalue weighted by Gasteiger charge is -2.10. The van der Waals surface area contributed by atoms with E-state index in [9.17, 15) is 27.6 Å². The molecule has 0 saturated heterocycles. The lowest BCUT2D eigenvalue weighted by Crippen LogP contribution is -2.44. The summed E-state index contributed by atoms with van der Waals surface area (Å²) >= 11 is -0.282. The largest absolute Gasteiger partial charge is 0.446 e. The van der Waals surface area contributed by atoms with Crippen molar-refractivity contribution in [1.29, 1.82) is 0 Å². The number of anilines is 1. The second-order valence-corrected chi connectivity index (χ2v) is 7.06. The molecule has 0 fully saturated rings. The van der Waals surface area contributed by atoms with Crippen LogP contribution in [0.4, 0.5) is 19.1 Å². The highest BCUT2D eigenvalue weighted by molar-refractivity contribution is 8.00. The highest BCUT2D eigenvalue weighted by Gasteiger charge is 2.29. The second-order valence-electron chi connectivity index (χ2n) is 5.92. The monoisotopic (exact) mass is 442 g/mol. The Labute approximate surface area is 169 Å². The lowest BCUT2D eigenvalue weighted by atomic mass is 10.2. The smallest absolute Gasteiger partial charge is 0.288 e. The Morgan fingerprint density at radius 2 is 1.80 bits per heavy atom. The molecular weight excluding hydrogens is 429 g/mol. The number of halogens is 3. The molecule has 11 nitrogen and oxygen atoms in total. The van der Waals surface area contributed by atoms with Gasteiger partial charge in [0, 0.05) is 19.0 Å². The van der Waals surface area contributed by atoms with Crippen molar-refractivity contribution in [3.8, 4) is 0 Å². The van der Waals surface area contributed by atoms with Gasteiger partial charge in [-0.2, -0.15) is 18.3 Å². The van der Waals surface area contributed by atoms with Gasteiger partial charge in [-0.3, -0.25) is 19.5 Å². The Balaban J connectivity index is 1.90. The quantitative estimate of drug-likeness (QED) is 0.562. The van der Waals surface area contributed by atoms with Crippen LogP contribution in [0.25, 0.3) is 0 Å². The molecule has 158 valence electrons. The number of aryl methyl sites for hydroxylation is 2. The summed E-state index contributed by atoms with van der Waals surface area (Å²) in [6, 6.07) is 5.15. The molecule has 0 spiro atoms. The Bertz CT molecular complexity index is 1200. The molecule has 1 aromatic carbocycles. The predicted molar refractivity (Wildman–Crippen MR) is 97.9 cm³/mol. The van der Waals surface area contributed by atoms with Crippen LogP contribution in [0.1, 0.15) is 16.1 Å². The maximum atomic E-state index is 12.7. The molecule has 15 heteroatoms. The number of tetrazole rings is 1. The lowest BCUT2D eigenvalue weighted by molar-refractivity contribution is -0.0328. The summed E-state index contributed by atoms with van der Waals surface area (Å²) in [6.07, 6.45) is 0. The van der Waals surface area contributed by atoms with Crippen LogP contribution in [0.15, 0.2) is 38.8 Å². The maximum absolute atomic E-state index is 12.7. The number of thioether (sulfide) groups is 1. The topological polar surface area (TPSA) is 130 Å². The van der Waals surface area contributed by atoms with Crippen LogP contribution in [0, 0.1) is 0 Å². The number of benzene rings is 1. The number of nitrogens with one attached hydrogen (secondary N) is 1. The van der Waals surface area contributed by atoms with E-state index in [0.29, 0.717) is 5.56 Å². The van der Waals surface area contributed by atoms with Crippen molar-refractivity contribution in [2.45, 2.75) is 16.9 Å². The van der Waals surface area contributed by atoms with E-state index in [1.54, 1.807) is 0 Å². The normalized spacial score (nSPS) is 11.5. The number of carbonyl (C=O) groups is 1. The molecule has 30 heavy (non-hydrogen) atoms. The summed E-state index contributed by atoms with van der Waals surface area (Å²) < 4.78 is 40.0. The van der Waals surface area contributed by atoms with E-state index < -0.39 is 28.4 Å². The van der Waals surface area contributed by atoms with Crippen molar-refractivity contribution in [2.24, 2.45) is 14.1 Å². The minimum atomic E-state index is -4.43. The van der Waals surface area contributed by atoms with E-state index in [1.165, 1.54) is 38.4 Å². The molecule has 0 bridgehead atoms. The molecule has 1 amide bonds. The minimum absolute atomic E-state index is 0.0423. The zero-order chi connectivity index (χ0) is 22.1. The first-order chi connectivity index (χ1) is 14.0. The third-order valence-corrected chi connectivity index (χ3v) is 4.50. The van der Waals surface area contributed by atoms with E-state index >= 15 is 0 Å². The Morgan fingerprint density at radius 1 is 1.13 bits per heavy atom. The Hall–Kier alpha value is -3.49. The number of amides is 1. The van der Waals surface area contributed by atoms with Crippen molar-refractivity contribution < 1.29 is 18.0 Å². The first-order valence-electron chi connectivity index (χ1n) is 8.11. The van der Waals surface area contributed by atoms with Crippen molar-refractivity contribution in [3.05, 3.63) is 56.4 Å². The molecule has 0 radical (unpaired) electrons. The molecule has 2 aromatic heterocycles. The van der Waals surface area contributed by atoms with Gasteiger partial charge in [0.25, 0.3) is 11.5 Å². The number of carbonyl (C=O) groups excluding carboxylic acids is 1. The highest BCUT2D eigenvalue weighted by Crippen LogP contribution is 2.36. The SMILES string of the molecule is Cn1nnnc1NC(=O)c1nn(C)c(=O)n(Cc2ccc(SC(F)(F)F)cc2)c1=O. The zero-order valence-electron chi connectivity index (χ0n) is 15.4. The van der Waals surface area contributed by atoms with Crippen molar-refractivity contribution in [3.63, 3.8) is 0 Å². The minimum Gasteiger partial charge on any atom is -0.288 e. The Kier molecular flexibility index (Phi) is 5.73. The molecule has 0 aliphatic heterocycles. The number of alkyl halides is 3. The van der Waals surface area contributed by atoms with Gasteiger partial charge in [-0.05, 0) is 39.9 Å². The molecule has 3 aromatic rings. The second kappa shape index (κ2) is 8.10. The molecule has 0 aliphatic carbocycles. The number of hydrogen-bond acceptors (Lipinski definition) is 8. The molecule has 0 saturated carbocycles. The third-order valence-electron chi connectivity index (χ3n) is 3.76. The molecule has 1 N–H and O–H groups in total. The molecule has 3 rings (SSSR count). The zero-order valence-corrected chi connectivity index (χ0v) is 16.2. The summed E-state index contributed by atoms with van der Waals surface area (Å²) in [6.45, 7) is -0.267. The highest BCUT2D eigenvalue weighted by atomic mass is 32.2. The molecular formula is C15H13F3N8O3S. The summed E-state index contributed by atoms with van der Waals surface area (Å²) in [4.78, 5) is 37.4. The van der Waals surface area contributed by atoms with Crippen LogP contribution in [0.3, 0.4) is 0 Å². The summed E-state index contributed by atoms with van der Waals surface area (Å²) in [5.41, 5.74) is -6.40. The van der Waals surface area contributed by atoms with Crippen molar-refractivity contribution in [1.82, 2.24) is 34.6 Å². The van der Waals surface area contributed by atoms with Gasteiger partial charge in [0.15, 0.2) is 0 Å². The summed E-state index contributed by atoms with van der Waals surface area (Å²) in [7, 11) is 2.71. The Morgan fingerprint density at radius 3 is 2.37 bits per heavy atom. The maximum Gasteiger partial charge on any atom is 0.446 e. The van der Waals surface area contributed by atoms with Gasteiger partial charge < -0.3 is 0 Å². The first-order valence-corrected chi connectivity index (χ1v) is 8.93. The van der Waals surface area contributed by atoms with E-state index in [4.69, 9.17) is 0 Å². The van der Waals surface area contributed by atoms with Gasteiger partial charge >= 0.3 is 11.2 Å². The van der Waals surface area contributed by atoms with Gasteiger partial charge in [-0.1, -0.05) is 17.2 Å². The fourth-order valence-electron chi connectivity index (χ4n) is 2.38. The molecule has 2 heterocycles. The predicted octanol–water partition coefficient (Wildman–Crippen LogP) is 0.378. The van der Waals surface area contributed by atoms with Crippen molar-refractivity contribution >= 4 is 23.6 Å². The van der Waals surface area contributed by atoms with Gasteiger partial charge in [0.05, 0.1) is 6.54 Å². The summed E-state index contributed by atoms with van der Waals surface area (Å²) in [5, 5.41) is 16.4. The standard InChI is InChI=1S/C15H13F3N8O3S/c1-24-13(20-22-23-24)19-11(27)10-12(28)26(14(29)25(2)21-10)7-8-3-5-9(6-4-8)30-15(16,17)18/h3-6H,7H2,1-2H3,(H,19,20,23,27). The third kappa shape index (κ3) is 4.73. The fourth-order valence-corrected chi connectivity index (χ4v) is 2.92. The van der Waals surface area contributed by atoms with Crippen molar-refractivity contribution in [2.75, 3.05) is 5.32 Å². The van der Waals surface area contributed by atoms with Crippen LogP contribution in [0.2, 0.25) is 0 Å². The van der Waals surface area contributed by atoms with Gasteiger partial charge in [-0.15, -0.1) is 0 Å². The fraction of sp³-hybridized carbons (Fsp3) is 0.267. The molecule has 0 unspecified atom stereocenters. The van der Waals surface area contributed by atoms with E-state index in [0.717, 1.165) is 13.9 Å². The average molecular weight is 442 g/mol. The van der Waals surface area contributed by atoms with E-state index in [2.05, 4.69) is 25.9 Å². The van der Waals surface area contributed by atoms with Crippen LogP contribution in [-0.2, 0) is 20.6 Å². The number of hydrogen-bond donors (Lipinski definition) is 1. The van der Waals surface area contributed by atoms with Gasteiger partial charge in [0.2, 0.25) is 11.6 Å². The number of rotatable bonds is 5. The van der Waals surface area contributed by atoms with E-state index in [-0.39, 0.29) is 29.2 Å². The number of aromatic nitrogens is 7. The number of nitrogens with zero attached hydrogens (tertiary/aromatic N) is 7. The van der Waals surface area contributed by atoms with Crippen LogP contribution >= 0.6 is 11.8 Å². The van der Waals surface area contributed by atoms with E-state index in [1.807, 2.05) is 0 Å². The first kappa shape index (κ1) is 21.2. The average Bonchev–Trinajstić information content (AvgIpc) is 3.06. The van der Waals surface area contributed by atoms with Crippen LogP contribution in [0.5, 0.6) is 0 Å².